The minimum Gasteiger partial charge on any atom is -0.469 e. The normalized spacial score (nSPS) is 35.1. The van der Waals surface area contributed by atoms with Crippen LogP contribution in [0.4, 0.5) is 0 Å². The van der Waals surface area contributed by atoms with E-state index in [9.17, 15) is 9.59 Å². The van der Waals surface area contributed by atoms with Crippen molar-refractivity contribution >= 4 is 11.9 Å². The van der Waals surface area contributed by atoms with Crippen LogP contribution in [0, 0.1) is 11.3 Å². The Hall–Kier alpha value is -1.84. The molecular weight excluding hydrogens is 292 g/mol. The number of hydrogen-bond acceptors (Lipinski definition) is 4. The standard InChI is InChI=1S/C19H24O4/c1-18-10-7-11-19(2,17(21)23-4)15(18)14(16(20)22-3)12-8-5-6-9-13(12)18/h5-6,8-9,14-15H,7,10-11H2,1-4H3/t14-,15+,18-,19+/m0/s1. The van der Waals surface area contributed by atoms with Crippen molar-refractivity contribution in [3.8, 4) is 0 Å². The van der Waals surface area contributed by atoms with Crippen LogP contribution < -0.4 is 0 Å². The maximum Gasteiger partial charge on any atom is 0.313 e. The average molecular weight is 316 g/mol. The number of methoxy groups -OCH3 is 2. The fraction of sp³-hybridized carbons (Fsp3) is 0.579. The summed E-state index contributed by atoms with van der Waals surface area (Å²) in [5, 5.41) is 0. The van der Waals surface area contributed by atoms with E-state index in [0.29, 0.717) is 0 Å². The van der Waals surface area contributed by atoms with Gasteiger partial charge in [0.05, 0.1) is 25.6 Å². The van der Waals surface area contributed by atoms with Crippen molar-refractivity contribution in [2.45, 2.75) is 44.4 Å². The predicted octanol–water partition coefficient (Wildman–Crippen LogP) is 3.19. The topological polar surface area (TPSA) is 52.6 Å². The van der Waals surface area contributed by atoms with Crippen LogP contribution in [0.1, 0.15) is 50.2 Å². The fourth-order valence-corrected chi connectivity index (χ4v) is 5.19. The van der Waals surface area contributed by atoms with E-state index >= 15 is 0 Å². The van der Waals surface area contributed by atoms with Crippen LogP contribution >= 0.6 is 0 Å². The molecule has 0 aromatic heterocycles. The van der Waals surface area contributed by atoms with E-state index in [4.69, 9.17) is 9.47 Å². The molecule has 2 aliphatic rings. The van der Waals surface area contributed by atoms with E-state index in [1.54, 1.807) is 0 Å². The molecule has 124 valence electrons. The van der Waals surface area contributed by atoms with Crippen LogP contribution in [0.15, 0.2) is 24.3 Å². The summed E-state index contributed by atoms with van der Waals surface area (Å²) in [4.78, 5) is 25.2. The molecule has 4 atom stereocenters. The number of benzene rings is 1. The third-order valence-electron chi connectivity index (χ3n) is 6.12. The highest BCUT2D eigenvalue weighted by atomic mass is 16.5. The van der Waals surface area contributed by atoms with Gasteiger partial charge in [0.25, 0.3) is 0 Å². The highest BCUT2D eigenvalue weighted by molar-refractivity contribution is 5.85. The zero-order valence-electron chi connectivity index (χ0n) is 14.2. The van der Waals surface area contributed by atoms with E-state index in [-0.39, 0.29) is 23.3 Å². The van der Waals surface area contributed by atoms with Gasteiger partial charge in [-0.15, -0.1) is 0 Å². The molecule has 0 radical (unpaired) electrons. The molecule has 2 aliphatic carbocycles. The molecule has 0 N–H and O–H groups in total. The lowest BCUT2D eigenvalue weighted by Crippen LogP contribution is -2.51. The van der Waals surface area contributed by atoms with Gasteiger partial charge in [0, 0.05) is 5.92 Å². The van der Waals surface area contributed by atoms with Gasteiger partial charge in [-0.3, -0.25) is 9.59 Å². The van der Waals surface area contributed by atoms with Crippen molar-refractivity contribution in [1.82, 2.24) is 0 Å². The van der Waals surface area contributed by atoms with Crippen molar-refractivity contribution in [3.05, 3.63) is 35.4 Å². The second-order valence-electron chi connectivity index (χ2n) is 7.25. The Morgan fingerprint density at radius 3 is 2.43 bits per heavy atom. The van der Waals surface area contributed by atoms with E-state index in [1.165, 1.54) is 19.8 Å². The minimum absolute atomic E-state index is 0.138. The Morgan fingerprint density at radius 1 is 1.09 bits per heavy atom. The zero-order valence-corrected chi connectivity index (χ0v) is 14.2. The van der Waals surface area contributed by atoms with Gasteiger partial charge in [-0.1, -0.05) is 37.6 Å². The van der Waals surface area contributed by atoms with Crippen LogP contribution in [0.5, 0.6) is 0 Å². The molecule has 3 rings (SSSR count). The molecule has 0 saturated heterocycles. The molecule has 0 bridgehead atoms. The maximum atomic E-state index is 12.6. The Kier molecular flexibility index (Phi) is 3.74. The lowest BCUT2D eigenvalue weighted by molar-refractivity contribution is -0.164. The quantitative estimate of drug-likeness (QED) is 0.786. The van der Waals surface area contributed by atoms with Crippen molar-refractivity contribution in [2.24, 2.45) is 11.3 Å². The molecule has 1 aromatic rings. The maximum absolute atomic E-state index is 12.6. The molecule has 1 aromatic carbocycles. The van der Waals surface area contributed by atoms with Crippen LogP contribution in [0.3, 0.4) is 0 Å². The van der Waals surface area contributed by atoms with Gasteiger partial charge in [0.15, 0.2) is 0 Å². The number of ether oxygens (including phenoxy) is 2. The molecule has 1 saturated carbocycles. The van der Waals surface area contributed by atoms with E-state index in [1.807, 2.05) is 25.1 Å². The molecule has 0 aliphatic heterocycles. The van der Waals surface area contributed by atoms with E-state index < -0.39 is 11.3 Å². The van der Waals surface area contributed by atoms with Gasteiger partial charge in [-0.25, -0.2) is 0 Å². The molecule has 0 spiro atoms. The lowest BCUT2D eigenvalue weighted by atomic mass is 9.54. The summed E-state index contributed by atoms with van der Waals surface area (Å²) < 4.78 is 10.2. The minimum atomic E-state index is -0.681. The number of esters is 2. The van der Waals surface area contributed by atoms with Crippen LogP contribution in [-0.2, 0) is 24.5 Å². The summed E-state index contributed by atoms with van der Waals surface area (Å²) >= 11 is 0. The second-order valence-corrected chi connectivity index (χ2v) is 7.25. The molecule has 0 amide bonds. The number of carbonyl (C=O) groups excluding carboxylic acids is 2. The molecule has 23 heavy (non-hydrogen) atoms. The summed E-state index contributed by atoms with van der Waals surface area (Å²) in [6.45, 7) is 4.13. The molecular formula is C19H24O4. The zero-order chi connectivity index (χ0) is 16.8. The third kappa shape index (κ3) is 2.03. The first-order chi connectivity index (χ1) is 10.9. The monoisotopic (exact) mass is 316 g/mol. The number of carbonyl (C=O) groups is 2. The molecule has 0 heterocycles. The van der Waals surface area contributed by atoms with Crippen molar-refractivity contribution < 1.29 is 19.1 Å². The first kappa shape index (κ1) is 16.0. The third-order valence-corrected chi connectivity index (χ3v) is 6.12. The highest BCUT2D eigenvalue weighted by Gasteiger charge is 2.63. The van der Waals surface area contributed by atoms with E-state index in [2.05, 4.69) is 13.0 Å². The molecule has 4 heteroatoms. The van der Waals surface area contributed by atoms with E-state index in [0.717, 1.165) is 24.8 Å². The van der Waals surface area contributed by atoms with Gasteiger partial charge in [0.2, 0.25) is 0 Å². The van der Waals surface area contributed by atoms with Gasteiger partial charge in [-0.2, -0.15) is 0 Å². The van der Waals surface area contributed by atoms with Gasteiger partial charge in [-0.05, 0) is 36.3 Å². The van der Waals surface area contributed by atoms with Gasteiger partial charge >= 0.3 is 11.9 Å². The number of fused-ring (bicyclic) bond motifs is 3. The Morgan fingerprint density at radius 2 is 1.78 bits per heavy atom. The number of rotatable bonds is 2. The SMILES string of the molecule is COC(=O)[C@H]1c2ccccc2[C@]2(C)CCC[C@@](C)(C(=O)OC)[C@H]12. The predicted molar refractivity (Wildman–Crippen MR) is 86.0 cm³/mol. The van der Waals surface area contributed by atoms with Crippen molar-refractivity contribution in [1.29, 1.82) is 0 Å². The Bertz CT molecular complexity index is 653. The second kappa shape index (κ2) is 5.36. The van der Waals surface area contributed by atoms with Crippen molar-refractivity contribution in [3.63, 3.8) is 0 Å². The van der Waals surface area contributed by atoms with Gasteiger partial charge in [0.1, 0.15) is 0 Å². The highest BCUT2D eigenvalue weighted by Crippen LogP contribution is 2.63. The molecule has 1 fully saturated rings. The summed E-state index contributed by atoms with van der Waals surface area (Å²) in [5.41, 5.74) is 1.29. The van der Waals surface area contributed by atoms with Crippen LogP contribution in [0.2, 0.25) is 0 Å². The largest absolute Gasteiger partial charge is 0.469 e. The summed E-state index contributed by atoms with van der Waals surface area (Å²) in [5.74, 6) is -1.04. The smallest absolute Gasteiger partial charge is 0.313 e. The molecule has 4 nitrogen and oxygen atoms in total. The average Bonchev–Trinajstić information content (AvgIpc) is 2.84. The van der Waals surface area contributed by atoms with Crippen LogP contribution in [0.25, 0.3) is 0 Å². The van der Waals surface area contributed by atoms with Crippen LogP contribution in [-0.4, -0.2) is 26.2 Å². The summed E-state index contributed by atoms with van der Waals surface area (Å²) in [7, 11) is 2.84. The first-order valence-corrected chi connectivity index (χ1v) is 8.16. The fourth-order valence-electron chi connectivity index (χ4n) is 5.19. The Balaban J connectivity index is 2.22. The Labute approximate surface area is 137 Å². The summed E-state index contributed by atoms with van der Waals surface area (Å²) in [6.07, 6.45) is 2.65. The van der Waals surface area contributed by atoms with Crippen molar-refractivity contribution in [2.75, 3.05) is 14.2 Å². The summed E-state index contributed by atoms with van der Waals surface area (Å²) in [6, 6.07) is 8.04. The number of hydrogen-bond donors (Lipinski definition) is 0. The molecule has 0 unspecified atom stereocenters. The lowest BCUT2D eigenvalue weighted by Gasteiger charge is -2.48. The first-order valence-electron chi connectivity index (χ1n) is 8.16. The van der Waals surface area contributed by atoms with Gasteiger partial charge < -0.3 is 9.47 Å².